The van der Waals surface area contributed by atoms with Crippen LogP contribution in [0.3, 0.4) is 0 Å². The molecule has 0 aromatic carbocycles. The van der Waals surface area contributed by atoms with E-state index in [1.807, 2.05) is 25.5 Å². The largest absolute Gasteiger partial charge is 0.469 e. The number of allylic oxidation sites excluding steroid dienone is 3. The highest BCUT2D eigenvalue weighted by Gasteiger charge is 2.62. The number of rotatable bonds is 8. The van der Waals surface area contributed by atoms with Gasteiger partial charge < -0.3 is 4.74 Å². The van der Waals surface area contributed by atoms with Gasteiger partial charge in [-0.3, -0.25) is 19.2 Å². The number of ether oxygens (including phenoxy) is 1. The summed E-state index contributed by atoms with van der Waals surface area (Å²) >= 11 is 0. The zero-order chi connectivity index (χ0) is 33.9. The fourth-order valence-corrected chi connectivity index (χ4v) is 9.59. The topological polar surface area (TPSA) is 124 Å². The minimum Gasteiger partial charge on any atom is -0.469 e. The molecule has 1 unspecified atom stereocenters. The lowest BCUT2D eigenvalue weighted by Gasteiger charge is -2.61. The van der Waals surface area contributed by atoms with Crippen LogP contribution in [-0.4, -0.2) is 45.2 Å². The lowest BCUT2D eigenvalue weighted by molar-refractivity contribution is -0.162. The number of fused-ring (bicyclic) bond motifs is 1. The third kappa shape index (κ3) is 6.23. The summed E-state index contributed by atoms with van der Waals surface area (Å²) in [6, 6.07) is 0. The number of nitrogens with one attached hydrogen (secondary N) is 1. The molecule has 1 amide bonds. The van der Waals surface area contributed by atoms with E-state index in [2.05, 4.69) is 41.5 Å². The van der Waals surface area contributed by atoms with Gasteiger partial charge in [-0.05, 0) is 86.0 Å². The molecule has 8 nitrogen and oxygen atoms in total. The van der Waals surface area contributed by atoms with Crippen LogP contribution >= 0.6 is 0 Å². The van der Waals surface area contributed by atoms with Crippen molar-refractivity contribution >= 4 is 33.5 Å². The van der Waals surface area contributed by atoms with Crippen molar-refractivity contribution in [2.24, 2.45) is 44.3 Å². The standard InChI is InChI=1S/C35H55NO7S/c1-22-20-30(3,4)15-17-35(22,29(40)43-11)18-16-31(5,6)34(10)14-13-25-32(7,8)27(38)24(28(39)36-44(12,41)42)21-33(25,9)26(34)19-23(2)37/h19,21-22,25H,13-18,20H2,1-12H3,(H,36,39)/b26-19-/t22?,25-,33-,34+,35-/m0/s1. The molecule has 44 heavy (non-hydrogen) atoms. The Morgan fingerprint density at radius 3 is 2.16 bits per heavy atom. The van der Waals surface area contributed by atoms with Crippen LogP contribution in [0.4, 0.5) is 0 Å². The van der Waals surface area contributed by atoms with E-state index in [-0.39, 0.29) is 34.6 Å². The van der Waals surface area contributed by atoms with Gasteiger partial charge in [0.15, 0.2) is 11.6 Å². The van der Waals surface area contributed by atoms with Gasteiger partial charge in [-0.1, -0.05) is 74.0 Å². The Hall–Kier alpha value is -2.29. The van der Waals surface area contributed by atoms with Crippen LogP contribution in [0.2, 0.25) is 0 Å². The number of amides is 1. The smallest absolute Gasteiger partial charge is 0.312 e. The number of hydrogen-bond acceptors (Lipinski definition) is 7. The van der Waals surface area contributed by atoms with Crippen molar-refractivity contribution in [3.05, 3.63) is 23.3 Å². The summed E-state index contributed by atoms with van der Waals surface area (Å²) in [4.78, 5) is 53.2. The Morgan fingerprint density at radius 2 is 1.66 bits per heavy atom. The fraction of sp³-hybridized carbons (Fsp3) is 0.771. The third-order valence-electron chi connectivity index (χ3n) is 12.2. The maximum absolute atomic E-state index is 13.7. The van der Waals surface area contributed by atoms with Crippen LogP contribution < -0.4 is 4.72 Å². The summed E-state index contributed by atoms with van der Waals surface area (Å²) < 4.78 is 31.3. The first-order valence-corrected chi connectivity index (χ1v) is 17.8. The van der Waals surface area contributed by atoms with E-state index < -0.39 is 48.8 Å². The lowest BCUT2D eigenvalue weighted by Crippen LogP contribution is -2.57. The second-order valence-electron chi connectivity index (χ2n) is 16.5. The molecule has 0 aromatic heterocycles. The molecule has 2 saturated carbocycles. The minimum atomic E-state index is -3.91. The Bertz CT molecular complexity index is 1400. The van der Waals surface area contributed by atoms with Gasteiger partial charge in [0.2, 0.25) is 10.0 Å². The van der Waals surface area contributed by atoms with Gasteiger partial charge in [0.05, 0.1) is 24.4 Å². The van der Waals surface area contributed by atoms with Crippen molar-refractivity contribution in [1.29, 1.82) is 0 Å². The summed E-state index contributed by atoms with van der Waals surface area (Å²) in [5.41, 5.74) is -2.59. The molecule has 248 valence electrons. The number of esters is 1. The zero-order valence-electron chi connectivity index (χ0n) is 29.0. The van der Waals surface area contributed by atoms with E-state index in [9.17, 15) is 27.6 Å². The molecule has 0 spiro atoms. The zero-order valence-corrected chi connectivity index (χ0v) is 29.8. The molecule has 3 aliphatic rings. The SMILES string of the molecule is COC(=O)[C@]1(CCC(C)(C)[C@]2(C)CC[C@H]3C(C)(C)C(=O)C(C(=O)NS(C)(=O)=O)=C[C@]3(C)/C2=C/C(C)=O)CCC(C)(C)CC1C. The van der Waals surface area contributed by atoms with Crippen LogP contribution in [0.25, 0.3) is 0 Å². The van der Waals surface area contributed by atoms with E-state index in [0.29, 0.717) is 25.7 Å². The minimum absolute atomic E-state index is 0.136. The Morgan fingerprint density at radius 1 is 1.07 bits per heavy atom. The van der Waals surface area contributed by atoms with Gasteiger partial charge in [0, 0.05) is 10.8 Å². The average molecular weight is 634 g/mol. The third-order valence-corrected chi connectivity index (χ3v) is 12.7. The first kappa shape index (κ1) is 36.2. The monoisotopic (exact) mass is 633 g/mol. The molecule has 0 bridgehead atoms. The fourth-order valence-electron chi connectivity index (χ4n) is 9.15. The van der Waals surface area contributed by atoms with E-state index in [0.717, 1.165) is 31.1 Å². The molecule has 3 rings (SSSR count). The molecule has 1 N–H and O–H groups in total. The summed E-state index contributed by atoms with van der Waals surface area (Å²) in [6.45, 7) is 20.3. The Kier molecular flexibility index (Phi) is 9.46. The molecule has 0 heterocycles. The molecule has 0 aromatic rings. The van der Waals surface area contributed by atoms with E-state index >= 15 is 0 Å². The van der Waals surface area contributed by atoms with Crippen molar-refractivity contribution in [2.75, 3.05) is 13.4 Å². The van der Waals surface area contributed by atoms with Crippen molar-refractivity contribution in [3.8, 4) is 0 Å². The average Bonchev–Trinajstić information content (AvgIpc) is 2.86. The number of methoxy groups -OCH3 is 1. The number of Topliss-reactive ketones (excluding diaryl/α,β-unsaturated/α-hetero) is 1. The maximum Gasteiger partial charge on any atom is 0.312 e. The highest BCUT2D eigenvalue weighted by molar-refractivity contribution is 7.89. The molecule has 0 aliphatic heterocycles. The molecule has 0 radical (unpaired) electrons. The quantitative estimate of drug-likeness (QED) is 0.188. The second kappa shape index (κ2) is 11.5. The summed E-state index contributed by atoms with van der Waals surface area (Å²) in [7, 11) is -2.44. The van der Waals surface area contributed by atoms with Crippen molar-refractivity contribution in [1.82, 2.24) is 4.72 Å². The van der Waals surface area contributed by atoms with Crippen LogP contribution in [0, 0.1) is 44.3 Å². The van der Waals surface area contributed by atoms with Gasteiger partial charge >= 0.3 is 5.97 Å². The molecule has 0 saturated heterocycles. The second-order valence-corrected chi connectivity index (χ2v) is 18.2. The molecule has 9 heteroatoms. The predicted octanol–water partition coefficient (Wildman–Crippen LogP) is 6.35. The summed E-state index contributed by atoms with van der Waals surface area (Å²) in [6.07, 6.45) is 9.53. The first-order valence-electron chi connectivity index (χ1n) is 15.9. The van der Waals surface area contributed by atoms with Gasteiger partial charge in [-0.25, -0.2) is 13.1 Å². The highest BCUT2D eigenvalue weighted by Crippen LogP contribution is 2.67. The maximum atomic E-state index is 13.7. The molecule has 5 atom stereocenters. The van der Waals surface area contributed by atoms with Gasteiger partial charge in [0.25, 0.3) is 5.91 Å². The normalized spacial score (nSPS) is 34.5. The van der Waals surface area contributed by atoms with E-state index in [1.165, 1.54) is 14.0 Å². The molecular formula is C35H55NO7S. The van der Waals surface area contributed by atoms with E-state index in [1.54, 1.807) is 12.2 Å². The van der Waals surface area contributed by atoms with Gasteiger partial charge in [0.1, 0.15) is 0 Å². The summed E-state index contributed by atoms with van der Waals surface area (Å²) in [5.74, 6) is -1.72. The van der Waals surface area contributed by atoms with Crippen LogP contribution in [0.1, 0.15) is 114 Å². The van der Waals surface area contributed by atoms with Crippen LogP contribution in [0.15, 0.2) is 23.3 Å². The molecule has 2 fully saturated rings. The number of carbonyl (C=O) groups is 4. The van der Waals surface area contributed by atoms with Crippen LogP contribution in [-0.2, 0) is 33.9 Å². The van der Waals surface area contributed by atoms with Crippen molar-refractivity contribution in [2.45, 2.75) is 114 Å². The number of ketones is 2. The highest BCUT2D eigenvalue weighted by atomic mass is 32.2. The molecule has 3 aliphatic carbocycles. The number of hydrogen-bond donors (Lipinski definition) is 1. The molecular weight excluding hydrogens is 578 g/mol. The first-order chi connectivity index (χ1) is 19.8. The van der Waals surface area contributed by atoms with E-state index in [4.69, 9.17) is 4.74 Å². The predicted molar refractivity (Wildman–Crippen MR) is 172 cm³/mol. The number of sulfonamides is 1. The Labute approximate surface area is 265 Å². The lowest BCUT2D eigenvalue weighted by atomic mass is 9.42. The van der Waals surface area contributed by atoms with Crippen molar-refractivity contribution in [3.63, 3.8) is 0 Å². The summed E-state index contributed by atoms with van der Waals surface area (Å²) in [5, 5.41) is 0. The van der Waals surface area contributed by atoms with Gasteiger partial charge in [-0.15, -0.1) is 0 Å². The Balaban J connectivity index is 2.14. The van der Waals surface area contributed by atoms with Gasteiger partial charge in [-0.2, -0.15) is 0 Å². The number of carbonyl (C=O) groups excluding carboxylic acids is 4. The van der Waals surface area contributed by atoms with Crippen LogP contribution in [0.5, 0.6) is 0 Å². The van der Waals surface area contributed by atoms with Crippen molar-refractivity contribution < 1.29 is 32.3 Å².